The standard InChI is InChI=1S/C39H77NO8/c1-3-5-7-9-11-12-13-14-15-16-17-18-19-20-21-22-23-24-26-28-33(42)32(40-35(43)29-27-25-10-8-6-4-2)31-47-39-38(46)37(45)36(44)34(30-41)48-39/h32-34,36-39,41-42,44-46H,3-31H2,1-2H3,(H,40,43). The molecule has 0 spiro atoms. The van der Waals surface area contributed by atoms with E-state index in [-0.39, 0.29) is 12.5 Å². The number of carbonyl (C=O) groups excluding carboxylic acids is 1. The number of rotatable bonds is 33. The van der Waals surface area contributed by atoms with Gasteiger partial charge in [-0.15, -0.1) is 0 Å². The first kappa shape index (κ1) is 45.2. The summed E-state index contributed by atoms with van der Waals surface area (Å²) in [5.41, 5.74) is 0. The van der Waals surface area contributed by atoms with E-state index >= 15 is 0 Å². The molecule has 286 valence electrons. The second kappa shape index (κ2) is 31.0. The first-order valence-corrected chi connectivity index (χ1v) is 20.2. The average Bonchev–Trinajstić information content (AvgIpc) is 3.08. The number of aliphatic hydroxyl groups is 5. The first-order chi connectivity index (χ1) is 23.3. The second-order valence-electron chi connectivity index (χ2n) is 14.4. The van der Waals surface area contributed by atoms with Crippen molar-refractivity contribution in [2.45, 2.75) is 230 Å². The van der Waals surface area contributed by atoms with E-state index in [0.717, 1.165) is 38.5 Å². The lowest BCUT2D eigenvalue weighted by Gasteiger charge is -2.40. The van der Waals surface area contributed by atoms with Crippen LogP contribution in [0, 0.1) is 0 Å². The predicted molar refractivity (Wildman–Crippen MR) is 194 cm³/mol. The fraction of sp³-hybridized carbons (Fsp3) is 0.974. The van der Waals surface area contributed by atoms with Crippen LogP contribution in [0.1, 0.15) is 187 Å². The molecule has 0 radical (unpaired) electrons. The Morgan fingerprint density at radius 3 is 1.48 bits per heavy atom. The van der Waals surface area contributed by atoms with Crippen molar-refractivity contribution in [1.29, 1.82) is 0 Å². The molecule has 0 bridgehead atoms. The van der Waals surface area contributed by atoms with E-state index in [1.165, 1.54) is 122 Å². The molecular formula is C39H77NO8. The molecular weight excluding hydrogens is 610 g/mol. The number of nitrogens with one attached hydrogen (secondary N) is 1. The molecule has 9 heteroatoms. The highest BCUT2D eigenvalue weighted by Crippen LogP contribution is 2.23. The minimum atomic E-state index is -1.55. The molecule has 0 aromatic rings. The van der Waals surface area contributed by atoms with Gasteiger partial charge in [0.25, 0.3) is 0 Å². The number of aliphatic hydroxyl groups excluding tert-OH is 5. The summed E-state index contributed by atoms with van der Waals surface area (Å²) < 4.78 is 11.2. The molecule has 1 heterocycles. The van der Waals surface area contributed by atoms with Crippen LogP contribution in [0.5, 0.6) is 0 Å². The Hall–Kier alpha value is -0.810. The molecule has 1 aliphatic heterocycles. The van der Waals surface area contributed by atoms with E-state index in [1.54, 1.807) is 0 Å². The predicted octanol–water partition coefficient (Wildman–Crippen LogP) is 7.22. The Morgan fingerprint density at radius 1 is 0.625 bits per heavy atom. The fourth-order valence-corrected chi connectivity index (χ4v) is 6.63. The highest BCUT2D eigenvalue weighted by molar-refractivity contribution is 5.76. The number of ether oxygens (including phenoxy) is 2. The largest absolute Gasteiger partial charge is 0.394 e. The normalized spacial score (nSPS) is 22.5. The molecule has 1 rings (SSSR count). The van der Waals surface area contributed by atoms with Crippen LogP contribution in [0.4, 0.5) is 0 Å². The monoisotopic (exact) mass is 688 g/mol. The molecule has 9 nitrogen and oxygen atoms in total. The van der Waals surface area contributed by atoms with Gasteiger partial charge in [0.1, 0.15) is 24.4 Å². The van der Waals surface area contributed by atoms with Gasteiger partial charge < -0.3 is 40.3 Å². The summed E-state index contributed by atoms with van der Waals surface area (Å²) in [6.07, 6.45) is 24.3. The number of carbonyl (C=O) groups is 1. The van der Waals surface area contributed by atoms with Crippen molar-refractivity contribution in [3.63, 3.8) is 0 Å². The molecule has 0 aromatic carbocycles. The quantitative estimate of drug-likeness (QED) is 0.0396. The van der Waals surface area contributed by atoms with Gasteiger partial charge in [-0.2, -0.15) is 0 Å². The van der Waals surface area contributed by atoms with Crippen molar-refractivity contribution in [3.05, 3.63) is 0 Å². The van der Waals surface area contributed by atoms with E-state index in [2.05, 4.69) is 19.2 Å². The van der Waals surface area contributed by atoms with E-state index in [9.17, 15) is 30.3 Å². The zero-order valence-corrected chi connectivity index (χ0v) is 31.0. The molecule has 1 aliphatic rings. The fourth-order valence-electron chi connectivity index (χ4n) is 6.63. The molecule has 1 amide bonds. The molecule has 0 aliphatic carbocycles. The van der Waals surface area contributed by atoms with Crippen LogP contribution < -0.4 is 5.32 Å². The lowest BCUT2D eigenvalue weighted by molar-refractivity contribution is -0.302. The summed E-state index contributed by atoms with van der Waals surface area (Å²) in [5.74, 6) is -0.153. The van der Waals surface area contributed by atoms with Crippen LogP contribution in [0.15, 0.2) is 0 Å². The van der Waals surface area contributed by atoms with Crippen LogP contribution in [0.25, 0.3) is 0 Å². The van der Waals surface area contributed by atoms with Crippen LogP contribution in [0.3, 0.4) is 0 Å². The maximum absolute atomic E-state index is 12.7. The van der Waals surface area contributed by atoms with Crippen LogP contribution >= 0.6 is 0 Å². The van der Waals surface area contributed by atoms with Crippen molar-refractivity contribution >= 4 is 5.91 Å². The van der Waals surface area contributed by atoms with E-state index in [4.69, 9.17) is 9.47 Å². The van der Waals surface area contributed by atoms with Gasteiger partial charge in [0.2, 0.25) is 5.91 Å². The lowest BCUT2D eigenvalue weighted by atomic mass is 9.99. The van der Waals surface area contributed by atoms with Gasteiger partial charge in [-0.05, 0) is 12.8 Å². The smallest absolute Gasteiger partial charge is 0.220 e. The van der Waals surface area contributed by atoms with Gasteiger partial charge in [0.05, 0.1) is 25.4 Å². The highest BCUT2D eigenvalue weighted by Gasteiger charge is 2.44. The molecule has 7 atom stereocenters. The Bertz CT molecular complexity index is 726. The van der Waals surface area contributed by atoms with Crippen molar-refractivity contribution in [3.8, 4) is 0 Å². The third kappa shape index (κ3) is 22.1. The van der Waals surface area contributed by atoms with Gasteiger partial charge in [0, 0.05) is 6.42 Å². The Morgan fingerprint density at radius 2 is 1.04 bits per heavy atom. The van der Waals surface area contributed by atoms with Crippen molar-refractivity contribution in [2.24, 2.45) is 0 Å². The van der Waals surface area contributed by atoms with Gasteiger partial charge in [-0.25, -0.2) is 0 Å². The molecule has 0 aromatic heterocycles. The first-order valence-electron chi connectivity index (χ1n) is 20.2. The summed E-state index contributed by atoms with van der Waals surface area (Å²) in [6.45, 7) is 3.76. The van der Waals surface area contributed by atoms with Gasteiger partial charge in [-0.3, -0.25) is 4.79 Å². The summed E-state index contributed by atoms with van der Waals surface area (Å²) in [6, 6.07) is -0.708. The summed E-state index contributed by atoms with van der Waals surface area (Å²) in [7, 11) is 0. The van der Waals surface area contributed by atoms with E-state index < -0.39 is 49.5 Å². The van der Waals surface area contributed by atoms with Crippen molar-refractivity contribution in [2.75, 3.05) is 13.2 Å². The topological polar surface area (TPSA) is 149 Å². The summed E-state index contributed by atoms with van der Waals surface area (Å²) >= 11 is 0. The molecule has 7 unspecified atom stereocenters. The van der Waals surface area contributed by atoms with E-state index in [1.807, 2.05) is 0 Å². The third-order valence-electron chi connectivity index (χ3n) is 9.96. The maximum Gasteiger partial charge on any atom is 0.220 e. The second-order valence-corrected chi connectivity index (χ2v) is 14.4. The Kier molecular flexibility index (Phi) is 29.2. The molecule has 1 fully saturated rings. The van der Waals surface area contributed by atoms with Gasteiger partial charge in [0.15, 0.2) is 6.29 Å². The zero-order valence-electron chi connectivity index (χ0n) is 31.0. The molecule has 1 saturated heterocycles. The number of amides is 1. The average molecular weight is 688 g/mol. The minimum absolute atomic E-state index is 0.134. The Balaban J connectivity index is 2.27. The number of unbranched alkanes of at least 4 members (excludes halogenated alkanes) is 23. The van der Waals surface area contributed by atoms with Crippen molar-refractivity contribution < 1.29 is 39.8 Å². The molecule has 0 saturated carbocycles. The van der Waals surface area contributed by atoms with Crippen LogP contribution in [-0.4, -0.2) is 87.5 Å². The number of hydrogen-bond acceptors (Lipinski definition) is 8. The lowest BCUT2D eigenvalue weighted by Crippen LogP contribution is -2.60. The highest BCUT2D eigenvalue weighted by atomic mass is 16.7. The molecule has 6 N–H and O–H groups in total. The third-order valence-corrected chi connectivity index (χ3v) is 9.96. The maximum atomic E-state index is 12.7. The van der Waals surface area contributed by atoms with Crippen LogP contribution in [0.2, 0.25) is 0 Å². The summed E-state index contributed by atoms with van der Waals surface area (Å²) in [4.78, 5) is 12.7. The minimum Gasteiger partial charge on any atom is -0.394 e. The number of hydrogen-bond donors (Lipinski definition) is 6. The Labute approximate surface area is 294 Å². The SMILES string of the molecule is CCCCCCCCCCCCCCCCCCCCCC(O)C(COC1OC(CO)C(O)C(O)C1O)NC(=O)CCCCCCCC. The zero-order chi connectivity index (χ0) is 35.2. The van der Waals surface area contributed by atoms with Gasteiger partial charge >= 0.3 is 0 Å². The van der Waals surface area contributed by atoms with Crippen LogP contribution in [-0.2, 0) is 14.3 Å². The van der Waals surface area contributed by atoms with Gasteiger partial charge in [-0.1, -0.05) is 168 Å². The van der Waals surface area contributed by atoms with Crippen molar-refractivity contribution in [1.82, 2.24) is 5.32 Å². The molecule has 48 heavy (non-hydrogen) atoms. The summed E-state index contributed by atoms with van der Waals surface area (Å²) in [5, 5.41) is 53.9. The van der Waals surface area contributed by atoms with E-state index in [0.29, 0.717) is 12.8 Å².